The van der Waals surface area contributed by atoms with Crippen LogP contribution in [0.15, 0.2) is 36.4 Å². The maximum atomic E-state index is 14.5. The fraction of sp³-hybridized carbons (Fsp3) is 0.625. The lowest BCUT2D eigenvalue weighted by Crippen LogP contribution is -2.57. The van der Waals surface area contributed by atoms with Gasteiger partial charge in [0.05, 0.1) is 44.3 Å². The number of hydrogen-bond donors (Lipinski definition) is 1. The summed E-state index contributed by atoms with van der Waals surface area (Å²) in [5, 5.41) is 2.72. The van der Waals surface area contributed by atoms with E-state index in [4.69, 9.17) is 42.5 Å². The standard InChI is InChI=1S/C40H59N6O14P/c1-7-8-20-54-38(49)45-18-16-44(17-19-45)37(48)33(27-61(52,57-23-21-55-39(50)59-28(2)3)58-24-22-56-40(51)60-29(4)5)42-36(47)32-25-34(46-15-14-31(26-46)53-6)43-35(41-32)30-12-10-9-11-13-30/h9-13,25,28-29,31,33H,7-8,14-24,26-27H2,1-6H3,(H,42,47)/t31-,33?/m0/s1. The average Bonchev–Trinajstić information content (AvgIpc) is 3.73. The van der Waals surface area contributed by atoms with Crippen LogP contribution in [0.3, 0.4) is 0 Å². The van der Waals surface area contributed by atoms with Gasteiger partial charge in [-0.3, -0.25) is 14.2 Å². The fourth-order valence-electron chi connectivity index (χ4n) is 6.12. The van der Waals surface area contributed by atoms with Crippen LogP contribution < -0.4 is 10.2 Å². The number of unbranched alkanes of at least 4 members (excludes halogenated alkanes) is 1. The van der Waals surface area contributed by atoms with E-state index in [1.807, 2.05) is 30.0 Å². The Balaban J connectivity index is 1.62. The van der Waals surface area contributed by atoms with E-state index < -0.39 is 88.7 Å². The van der Waals surface area contributed by atoms with Gasteiger partial charge in [-0.05, 0) is 40.5 Å². The number of rotatable bonds is 21. The number of piperazine rings is 1. The van der Waals surface area contributed by atoms with E-state index in [1.54, 1.807) is 46.9 Å². The molecule has 0 bridgehead atoms. The molecule has 0 spiro atoms. The maximum Gasteiger partial charge on any atom is 0.508 e. The van der Waals surface area contributed by atoms with Crippen molar-refractivity contribution in [3.63, 3.8) is 0 Å². The highest BCUT2D eigenvalue weighted by Crippen LogP contribution is 2.49. The average molecular weight is 879 g/mol. The Labute approximate surface area is 356 Å². The second kappa shape index (κ2) is 24.4. The summed E-state index contributed by atoms with van der Waals surface area (Å²) < 4.78 is 56.8. The summed E-state index contributed by atoms with van der Waals surface area (Å²) in [6, 6.07) is 9.05. The lowest BCUT2D eigenvalue weighted by molar-refractivity contribution is -0.134. The van der Waals surface area contributed by atoms with E-state index in [-0.39, 0.29) is 50.4 Å². The normalized spacial score (nSPS) is 16.0. The second-order valence-corrected chi connectivity index (χ2v) is 16.8. The van der Waals surface area contributed by atoms with Crippen molar-refractivity contribution < 1.29 is 66.0 Å². The van der Waals surface area contributed by atoms with Gasteiger partial charge < -0.3 is 57.5 Å². The van der Waals surface area contributed by atoms with Gasteiger partial charge >= 0.3 is 26.0 Å². The summed E-state index contributed by atoms with van der Waals surface area (Å²) >= 11 is 0. The highest BCUT2D eigenvalue weighted by atomic mass is 31.2. The molecule has 0 radical (unpaired) electrons. The van der Waals surface area contributed by atoms with E-state index in [2.05, 4.69) is 10.3 Å². The largest absolute Gasteiger partial charge is 0.508 e. The van der Waals surface area contributed by atoms with Gasteiger partial charge in [-0.25, -0.2) is 24.4 Å². The molecule has 2 aliphatic heterocycles. The number of anilines is 1. The Hall–Kier alpha value is -5.04. The Morgan fingerprint density at radius 1 is 0.803 bits per heavy atom. The van der Waals surface area contributed by atoms with Crippen molar-refractivity contribution >= 4 is 43.6 Å². The SMILES string of the molecule is CCCCOC(=O)N1CCN(C(=O)C(CP(=O)(OCCOC(=O)OC(C)C)OCCOC(=O)OC(C)C)NC(=O)c2cc(N3CC[C@H](OC)C3)nc(-c3ccccc3)n2)CC1. The van der Waals surface area contributed by atoms with Crippen LogP contribution in [0.5, 0.6) is 0 Å². The van der Waals surface area contributed by atoms with Gasteiger partial charge in [0.1, 0.15) is 30.8 Å². The maximum absolute atomic E-state index is 14.5. The molecular weight excluding hydrogens is 819 g/mol. The van der Waals surface area contributed by atoms with E-state index in [0.717, 1.165) is 12.8 Å². The number of nitrogens with zero attached hydrogens (tertiary/aromatic N) is 5. The molecule has 2 aromatic rings. The van der Waals surface area contributed by atoms with Crippen molar-refractivity contribution in [1.82, 2.24) is 25.1 Å². The van der Waals surface area contributed by atoms with E-state index in [9.17, 15) is 28.5 Å². The van der Waals surface area contributed by atoms with Crippen LogP contribution in [-0.2, 0) is 46.8 Å². The van der Waals surface area contributed by atoms with Gasteiger partial charge in [-0.15, -0.1) is 0 Å². The van der Waals surface area contributed by atoms with Crippen LogP contribution in [0.25, 0.3) is 11.4 Å². The first-order valence-corrected chi connectivity index (χ1v) is 22.2. The number of carbonyl (C=O) groups excluding carboxylic acids is 5. The van der Waals surface area contributed by atoms with Crippen LogP contribution in [-0.4, -0.2) is 160 Å². The molecule has 0 saturated carbocycles. The minimum atomic E-state index is -4.41. The first-order valence-electron chi connectivity index (χ1n) is 20.5. The minimum absolute atomic E-state index is 0.0419. The molecular formula is C40H59N6O14P. The third-order valence-electron chi connectivity index (χ3n) is 9.21. The van der Waals surface area contributed by atoms with Crippen LogP contribution in [0.1, 0.15) is 64.4 Å². The molecule has 1 aromatic carbocycles. The number of carbonyl (C=O) groups is 5. The zero-order valence-electron chi connectivity index (χ0n) is 35.8. The van der Waals surface area contributed by atoms with Crippen molar-refractivity contribution in [1.29, 1.82) is 0 Å². The zero-order chi connectivity index (χ0) is 44.4. The molecule has 20 nitrogen and oxygen atoms in total. The second-order valence-electron chi connectivity index (χ2n) is 14.7. The number of benzene rings is 1. The van der Waals surface area contributed by atoms with Gasteiger partial charge in [-0.1, -0.05) is 43.7 Å². The molecule has 2 atom stereocenters. The predicted molar refractivity (Wildman–Crippen MR) is 220 cm³/mol. The Bertz CT molecular complexity index is 1760. The lowest BCUT2D eigenvalue weighted by atomic mass is 10.2. The third kappa shape index (κ3) is 16.1. The summed E-state index contributed by atoms with van der Waals surface area (Å²) in [5.74, 6) is -0.704. The summed E-state index contributed by atoms with van der Waals surface area (Å²) in [4.78, 5) is 79.6. The monoisotopic (exact) mass is 878 g/mol. The molecule has 2 fully saturated rings. The van der Waals surface area contributed by atoms with Gasteiger partial charge in [0, 0.05) is 58.0 Å². The minimum Gasteiger partial charge on any atom is -0.449 e. The summed E-state index contributed by atoms with van der Waals surface area (Å²) in [6.07, 6.45) is -1.81. The molecule has 21 heteroatoms. The Kier molecular flexibility index (Phi) is 19.5. The van der Waals surface area contributed by atoms with Gasteiger partial charge in [-0.2, -0.15) is 0 Å². The topological polar surface area (TPSA) is 224 Å². The summed E-state index contributed by atoms with van der Waals surface area (Å²) in [6.45, 7) is 8.65. The quantitative estimate of drug-likeness (QED) is 0.0762. The molecule has 1 aromatic heterocycles. The van der Waals surface area contributed by atoms with E-state index >= 15 is 0 Å². The van der Waals surface area contributed by atoms with Crippen molar-refractivity contribution in [3.8, 4) is 11.4 Å². The molecule has 3 amide bonds. The van der Waals surface area contributed by atoms with E-state index in [1.165, 1.54) is 15.9 Å². The molecule has 61 heavy (non-hydrogen) atoms. The first kappa shape index (κ1) is 48.6. The smallest absolute Gasteiger partial charge is 0.449 e. The van der Waals surface area contributed by atoms with Crippen LogP contribution in [0, 0.1) is 0 Å². The summed E-state index contributed by atoms with van der Waals surface area (Å²) in [5.41, 5.74) is 0.567. The zero-order valence-corrected chi connectivity index (χ0v) is 36.7. The van der Waals surface area contributed by atoms with Crippen molar-refractivity contribution in [3.05, 3.63) is 42.1 Å². The highest BCUT2D eigenvalue weighted by Gasteiger charge is 2.38. The fourth-order valence-corrected chi connectivity index (χ4v) is 7.81. The molecule has 2 saturated heterocycles. The van der Waals surface area contributed by atoms with Gasteiger partial charge in [0.15, 0.2) is 5.82 Å². The number of methoxy groups -OCH3 is 1. The number of hydrogen-bond acceptors (Lipinski definition) is 17. The van der Waals surface area contributed by atoms with Gasteiger partial charge in [0.2, 0.25) is 5.91 Å². The number of nitrogens with one attached hydrogen (secondary N) is 1. The van der Waals surface area contributed by atoms with Crippen molar-refractivity contribution in [2.75, 3.05) is 90.5 Å². The number of amides is 3. The molecule has 4 rings (SSSR count). The van der Waals surface area contributed by atoms with Crippen molar-refractivity contribution in [2.24, 2.45) is 0 Å². The van der Waals surface area contributed by atoms with Gasteiger partial charge in [0.25, 0.3) is 5.91 Å². The molecule has 2 aliphatic rings. The highest BCUT2D eigenvalue weighted by molar-refractivity contribution is 7.54. The number of ether oxygens (including phenoxy) is 6. The lowest BCUT2D eigenvalue weighted by Gasteiger charge is -2.36. The first-order chi connectivity index (χ1) is 29.2. The molecule has 1 unspecified atom stereocenters. The third-order valence-corrected chi connectivity index (χ3v) is 11.2. The molecule has 0 aliphatic carbocycles. The molecule has 3 heterocycles. The van der Waals surface area contributed by atoms with Crippen LogP contribution in [0.4, 0.5) is 20.2 Å². The van der Waals surface area contributed by atoms with Crippen molar-refractivity contribution in [2.45, 2.75) is 78.2 Å². The molecule has 1 N–H and O–H groups in total. The summed E-state index contributed by atoms with van der Waals surface area (Å²) in [7, 11) is -2.78. The Morgan fingerprint density at radius 3 is 1.97 bits per heavy atom. The van der Waals surface area contributed by atoms with Crippen LogP contribution >= 0.6 is 7.60 Å². The van der Waals surface area contributed by atoms with Crippen LogP contribution in [0.2, 0.25) is 0 Å². The Morgan fingerprint density at radius 2 is 1.41 bits per heavy atom. The number of aromatic nitrogens is 2. The van der Waals surface area contributed by atoms with E-state index in [0.29, 0.717) is 30.9 Å². The predicted octanol–water partition coefficient (Wildman–Crippen LogP) is 4.90. The molecule has 338 valence electrons.